The highest BCUT2D eigenvalue weighted by Crippen LogP contribution is 2.36. The molecule has 0 aromatic heterocycles. The van der Waals surface area contributed by atoms with E-state index in [9.17, 15) is 0 Å². The van der Waals surface area contributed by atoms with E-state index in [1.165, 1.54) is 67.5 Å². The lowest BCUT2D eigenvalue weighted by atomic mass is 10.1. The first-order valence-electron chi connectivity index (χ1n) is 15.3. The van der Waals surface area contributed by atoms with Gasteiger partial charge in [0.15, 0.2) is 0 Å². The van der Waals surface area contributed by atoms with Gasteiger partial charge in [-0.2, -0.15) is 0 Å². The van der Waals surface area contributed by atoms with Crippen LogP contribution in [0.15, 0.2) is 146 Å². The SMILES string of the molecule is Cc1ccc(N(c2ccc(C)cc2)c2ccc(C)cc2)cc1.Cc1ccc(N(c2ccc(C)cc2)c2cccc(C)c2)cc1. The summed E-state index contributed by atoms with van der Waals surface area (Å²) in [6, 6.07) is 52.0. The molecule has 0 saturated heterocycles. The average molecular weight is 575 g/mol. The molecule has 0 heterocycles. The Balaban J connectivity index is 0.000000175. The van der Waals surface area contributed by atoms with Gasteiger partial charge in [0, 0.05) is 34.1 Å². The van der Waals surface area contributed by atoms with E-state index in [4.69, 9.17) is 0 Å². The summed E-state index contributed by atoms with van der Waals surface area (Å²) in [7, 11) is 0. The standard InChI is InChI=1S/2C21H21N/c1-16-4-10-19(11-5-16)22(20-12-6-17(2)7-13-20)21-14-8-18(3)9-15-21;1-16-7-11-19(12-8-16)22(20-13-9-17(2)10-14-20)21-6-4-5-18(3)15-21/h2*4-15H,1-3H3. The van der Waals surface area contributed by atoms with Crippen LogP contribution in [0.3, 0.4) is 0 Å². The van der Waals surface area contributed by atoms with E-state index in [1.54, 1.807) is 0 Å². The summed E-state index contributed by atoms with van der Waals surface area (Å²) in [5, 5.41) is 0. The van der Waals surface area contributed by atoms with Crippen molar-refractivity contribution in [3.8, 4) is 0 Å². The van der Waals surface area contributed by atoms with E-state index in [-0.39, 0.29) is 0 Å². The maximum atomic E-state index is 2.30. The summed E-state index contributed by atoms with van der Waals surface area (Å²) in [6.45, 7) is 12.7. The van der Waals surface area contributed by atoms with E-state index in [1.807, 2.05) is 0 Å². The van der Waals surface area contributed by atoms with Crippen molar-refractivity contribution < 1.29 is 0 Å². The number of hydrogen-bond acceptors (Lipinski definition) is 2. The molecule has 220 valence electrons. The Morgan fingerprint density at radius 3 is 0.750 bits per heavy atom. The number of rotatable bonds is 6. The molecule has 0 aliphatic rings. The molecule has 0 unspecified atom stereocenters. The Labute approximate surface area is 263 Å². The topological polar surface area (TPSA) is 6.48 Å². The summed E-state index contributed by atoms with van der Waals surface area (Å²) >= 11 is 0. The van der Waals surface area contributed by atoms with Crippen LogP contribution in [0.1, 0.15) is 33.4 Å². The Morgan fingerprint density at radius 1 is 0.250 bits per heavy atom. The van der Waals surface area contributed by atoms with E-state index in [2.05, 4.69) is 197 Å². The number of benzene rings is 6. The van der Waals surface area contributed by atoms with Gasteiger partial charge in [-0.3, -0.25) is 0 Å². The van der Waals surface area contributed by atoms with Gasteiger partial charge in [-0.15, -0.1) is 0 Å². The normalized spacial score (nSPS) is 10.5. The molecule has 2 nitrogen and oxygen atoms in total. The Hall–Kier alpha value is -5.08. The molecule has 6 aromatic carbocycles. The maximum Gasteiger partial charge on any atom is 0.0464 e. The number of hydrogen-bond donors (Lipinski definition) is 0. The van der Waals surface area contributed by atoms with Gasteiger partial charge >= 0.3 is 0 Å². The molecule has 0 bridgehead atoms. The predicted molar refractivity (Wildman–Crippen MR) is 191 cm³/mol. The van der Waals surface area contributed by atoms with Gasteiger partial charge in [-0.05, 0) is 120 Å². The molecule has 0 amide bonds. The minimum Gasteiger partial charge on any atom is -0.311 e. The monoisotopic (exact) mass is 574 g/mol. The van der Waals surface area contributed by atoms with Crippen molar-refractivity contribution in [2.45, 2.75) is 41.5 Å². The fourth-order valence-corrected chi connectivity index (χ4v) is 5.13. The van der Waals surface area contributed by atoms with Crippen molar-refractivity contribution in [3.05, 3.63) is 179 Å². The van der Waals surface area contributed by atoms with E-state index in [0.717, 1.165) is 0 Å². The first-order valence-corrected chi connectivity index (χ1v) is 15.3. The second-order valence-electron chi connectivity index (χ2n) is 11.7. The smallest absolute Gasteiger partial charge is 0.0464 e. The van der Waals surface area contributed by atoms with Crippen LogP contribution in [-0.4, -0.2) is 0 Å². The molecule has 2 heteroatoms. The van der Waals surface area contributed by atoms with E-state index < -0.39 is 0 Å². The van der Waals surface area contributed by atoms with Crippen LogP contribution in [0.4, 0.5) is 34.1 Å². The molecule has 6 rings (SSSR count). The fraction of sp³-hybridized carbons (Fsp3) is 0.143. The summed E-state index contributed by atoms with van der Waals surface area (Å²) in [4.78, 5) is 4.59. The van der Waals surface area contributed by atoms with Crippen LogP contribution in [0.25, 0.3) is 0 Å². The summed E-state index contributed by atoms with van der Waals surface area (Å²) < 4.78 is 0. The molecule has 6 aromatic rings. The largest absolute Gasteiger partial charge is 0.311 e. The van der Waals surface area contributed by atoms with Gasteiger partial charge in [-0.1, -0.05) is 101 Å². The molecule has 0 atom stereocenters. The van der Waals surface area contributed by atoms with Gasteiger partial charge in [-0.25, -0.2) is 0 Å². The van der Waals surface area contributed by atoms with Crippen LogP contribution < -0.4 is 9.80 Å². The van der Waals surface area contributed by atoms with Crippen LogP contribution in [-0.2, 0) is 0 Å². The molecular weight excluding hydrogens is 532 g/mol. The summed E-state index contributed by atoms with van der Waals surface area (Å²) in [6.07, 6.45) is 0. The van der Waals surface area contributed by atoms with Crippen molar-refractivity contribution in [2.75, 3.05) is 9.80 Å². The first kappa shape index (κ1) is 30.4. The number of nitrogens with zero attached hydrogens (tertiary/aromatic N) is 2. The number of anilines is 6. The first-order chi connectivity index (χ1) is 21.3. The van der Waals surface area contributed by atoms with Crippen molar-refractivity contribution in [1.29, 1.82) is 0 Å². The Bertz CT molecular complexity index is 1610. The maximum absolute atomic E-state index is 2.30. The molecule has 0 aliphatic heterocycles. The Kier molecular flexibility index (Phi) is 9.62. The van der Waals surface area contributed by atoms with Crippen LogP contribution in [0.5, 0.6) is 0 Å². The third kappa shape index (κ3) is 7.65. The minimum absolute atomic E-state index is 1.18. The lowest BCUT2D eigenvalue weighted by Gasteiger charge is -2.26. The van der Waals surface area contributed by atoms with Crippen LogP contribution in [0, 0.1) is 41.5 Å². The molecule has 0 radical (unpaired) electrons. The highest BCUT2D eigenvalue weighted by Gasteiger charge is 2.13. The lowest BCUT2D eigenvalue weighted by Crippen LogP contribution is -2.10. The zero-order valence-electron chi connectivity index (χ0n) is 26.8. The quantitative estimate of drug-likeness (QED) is 0.195. The van der Waals surface area contributed by atoms with Crippen molar-refractivity contribution >= 4 is 34.1 Å². The molecule has 0 N–H and O–H groups in total. The fourth-order valence-electron chi connectivity index (χ4n) is 5.13. The van der Waals surface area contributed by atoms with Crippen LogP contribution in [0.2, 0.25) is 0 Å². The third-order valence-electron chi connectivity index (χ3n) is 7.72. The minimum atomic E-state index is 1.18. The lowest BCUT2D eigenvalue weighted by molar-refractivity contribution is 1.26. The Morgan fingerprint density at radius 2 is 0.500 bits per heavy atom. The van der Waals surface area contributed by atoms with Crippen molar-refractivity contribution in [2.24, 2.45) is 0 Å². The van der Waals surface area contributed by atoms with Crippen LogP contribution >= 0.6 is 0 Å². The highest BCUT2D eigenvalue weighted by atomic mass is 15.1. The van der Waals surface area contributed by atoms with Gasteiger partial charge in [0.2, 0.25) is 0 Å². The zero-order valence-corrected chi connectivity index (χ0v) is 26.8. The van der Waals surface area contributed by atoms with Gasteiger partial charge < -0.3 is 9.80 Å². The summed E-state index contributed by atoms with van der Waals surface area (Å²) in [5.74, 6) is 0. The van der Waals surface area contributed by atoms with E-state index in [0.29, 0.717) is 0 Å². The summed E-state index contributed by atoms with van der Waals surface area (Å²) in [5.41, 5.74) is 14.7. The van der Waals surface area contributed by atoms with Gasteiger partial charge in [0.1, 0.15) is 0 Å². The number of aryl methyl sites for hydroxylation is 6. The molecular formula is C42H42N2. The van der Waals surface area contributed by atoms with Crippen molar-refractivity contribution in [1.82, 2.24) is 0 Å². The molecule has 0 spiro atoms. The predicted octanol–water partition coefficient (Wildman–Crippen LogP) is 12.2. The van der Waals surface area contributed by atoms with Gasteiger partial charge in [0.25, 0.3) is 0 Å². The van der Waals surface area contributed by atoms with Crippen molar-refractivity contribution in [3.63, 3.8) is 0 Å². The highest BCUT2D eigenvalue weighted by molar-refractivity contribution is 5.78. The molecule has 0 aliphatic carbocycles. The molecule has 0 saturated carbocycles. The molecule has 0 fully saturated rings. The van der Waals surface area contributed by atoms with Gasteiger partial charge in [0.05, 0.1) is 0 Å². The zero-order chi connectivity index (χ0) is 31.1. The second kappa shape index (κ2) is 13.9. The second-order valence-corrected chi connectivity index (χ2v) is 11.7. The average Bonchev–Trinajstić information content (AvgIpc) is 3.02. The van der Waals surface area contributed by atoms with E-state index >= 15 is 0 Å². The molecule has 44 heavy (non-hydrogen) atoms. The third-order valence-corrected chi connectivity index (χ3v) is 7.72.